The van der Waals surface area contributed by atoms with Gasteiger partial charge in [0.1, 0.15) is 22.7 Å². The highest BCUT2D eigenvalue weighted by Gasteiger charge is 2.19. The molecule has 2 aromatic heterocycles. The summed E-state index contributed by atoms with van der Waals surface area (Å²) in [5.74, 6) is 0.581. The van der Waals surface area contributed by atoms with E-state index in [0.717, 1.165) is 15.7 Å². The van der Waals surface area contributed by atoms with Crippen LogP contribution in [0.4, 0.5) is 5.69 Å². The maximum Gasteiger partial charge on any atom is 0.336 e. The minimum Gasteiger partial charge on any atom is -0.497 e. The highest BCUT2D eigenvalue weighted by Crippen LogP contribution is 2.29. The van der Waals surface area contributed by atoms with E-state index in [2.05, 4.69) is 5.32 Å². The Morgan fingerprint density at radius 1 is 1.03 bits per heavy atom. The summed E-state index contributed by atoms with van der Waals surface area (Å²) in [6.45, 7) is 3.46. The number of carbonyl (C=O) groups excluding carboxylic acids is 1. The first-order valence-electron chi connectivity index (χ1n) is 10.2. The Bertz CT molecular complexity index is 1480. The van der Waals surface area contributed by atoms with Crippen LogP contribution in [0.2, 0.25) is 0 Å². The molecule has 9 heteroatoms. The lowest BCUT2D eigenvalue weighted by Crippen LogP contribution is -2.40. The fraction of sp³-hybridized carbons (Fsp3) is 0.208. The second kappa shape index (κ2) is 8.95. The SMILES string of the molecule is COc1ccc(NC(=O)Cn2c(=O)n(-c3cc(C)ccc3C)c(=O)c3sccc32)c(OC)c1. The number of nitrogens with one attached hydrogen (secondary N) is 1. The van der Waals surface area contributed by atoms with Crippen molar-refractivity contribution in [2.24, 2.45) is 0 Å². The summed E-state index contributed by atoms with van der Waals surface area (Å²) in [6, 6.07) is 12.3. The lowest BCUT2D eigenvalue weighted by atomic mass is 10.1. The molecule has 0 saturated heterocycles. The summed E-state index contributed by atoms with van der Waals surface area (Å²) in [6.07, 6.45) is 0. The van der Waals surface area contributed by atoms with Gasteiger partial charge in [-0.25, -0.2) is 9.36 Å². The molecule has 0 radical (unpaired) electrons. The number of hydrogen-bond acceptors (Lipinski definition) is 6. The third-order valence-electron chi connectivity index (χ3n) is 5.34. The molecule has 0 aliphatic carbocycles. The molecule has 0 spiro atoms. The number of fused-ring (bicyclic) bond motifs is 1. The van der Waals surface area contributed by atoms with Gasteiger partial charge in [0.25, 0.3) is 5.56 Å². The molecule has 0 saturated carbocycles. The Morgan fingerprint density at radius 2 is 1.82 bits per heavy atom. The van der Waals surface area contributed by atoms with Gasteiger partial charge in [-0.05, 0) is 54.6 Å². The second-order valence-corrected chi connectivity index (χ2v) is 8.46. The van der Waals surface area contributed by atoms with Gasteiger partial charge in [0.2, 0.25) is 5.91 Å². The molecule has 170 valence electrons. The van der Waals surface area contributed by atoms with Gasteiger partial charge in [0.05, 0.1) is 31.1 Å². The monoisotopic (exact) mass is 465 g/mol. The molecular weight excluding hydrogens is 442 g/mol. The first-order valence-corrected chi connectivity index (χ1v) is 11.0. The van der Waals surface area contributed by atoms with E-state index in [1.807, 2.05) is 26.0 Å². The Kier molecular flexibility index (Phi) is 6.06. The van der Waals surface area contributed by atoms with Crippen molar-refractivity contribution in [2.45, 2.75) is 20.4 Å². The van der Waals surface area contributed by atoms with Crippen LogP contribution in [-0.4, -0.2) is 29.3 Å². The largest absolute Gasteiger partial charge is 0.497 e. The van der Waals surface area contributed by atoms with Crippen molar-refractivity contribution in [3.8, 4) is 17.2 Å². The molecule has 0 fully saturated rings. The van der Waals surface area contributed by atoms with Crippen molar-refractivity contribution in [3.63, 3.8) is 0 Å². The van der Waals surface area contributed by atoms with Crippen molar-refractivity contribution in [2.75, 3.05) is 19.5 Å². The highest BCUT2D eigenvalue weighted by atomic mass is 32.1. The van der Waals surface area contributed by atoms with E-state index in [1.54, 1.807) is 35.7 Å². The summed E-state index contributed by atoms with van der Waals surface area (Å²) in [7, 11) is 3.03. The number of nitrogens with zero attached hydrogens (tertiary/aromatic N) is 2. The van der Waals surface area contributed by atoms with Crippen LogP contribution in [0.1, 0.15) is 11.1 Å². The van der Waals surface area contributed by atoms with E-state index in [0.29, 0.717) is 33.1 Å². The molecule has 2 heterocycles. The topological polar surface area (TPSA) is 91.6 Å². The summed E-state index contributed by atoms with van der Waals surface area (Å²) in [5, 5.41) is 4.51. The predicted molar refractivity (Wildman–Crippen MR) is 129 cm³/mol. The third kappa shape index (κ3) is 4.14. The van der Waals surface area contributed by atoms with E-state index in [1.165, 1.54) is 30.1 Å². The predicted octanol–water partition coefficient (Wildman–Crippen LogP) is 3.49. The van der Waals surface area contributed by atoms with Crippen molar-refractivity contribution in [3.05, 3.63) is 79.8 Å². The van der Waals surface area contributed by atoms with Crippen LogP contribution in [0.5, 0.6) is 11.5 Å². The quantitative estimate of drug-likeness (QED) is 0.471. The fourth-order valence-corrected chi connectivity index (χ4v) is 4.47. The average Bonchev–Trinajstić information content (AvgIpc) is 3.29. The zero-order valence-corrected chi connectivity index (χ0v) is 19.5. The van der Waals surface area contributed by atoms with Gasteiger partial charge in [0.15, 0.2) is 0 Å². The van der Waals surface area contributed by atoms with Crippen LogP contribution in [0.3, 0.4) is 0 Å². The van der Waals surface area contributed by atoms with Gasteiger partial charge < -0.3 is 14.8 Å². The lowest BCUT2D eigenvalue weighted by molar-refractivity contribution is -0.116. The fourth-order valence-electron chi connectivity index (χ4n) is 3.65. The van der Waals surface area contributed by atoms with Crippen LogP contribution in [-0.2, 0) is 11.3 Å². The molecule has 0 unspecified atom stereocenters. The maximum absolute atomic E-state index is 13.5. The number of thiophene rings is 1. The minimum atomic E-state index is -0.573. The summed E-state index contributed by atoms with van der Waals surface area (Å²) < 4.78 is 13.4. The average molecular weight is 466 g/mol. The Hall–Kier alpha value is -3.85. The number of hydrogen-bond donors (Lipinski definition) is 1. The molecule has 2 aromatic carbocycles. The van der Waals surface area contributed by atoms with Crippen LogP contribution in [0.15, 0.2) is 57.4 Å². The Morgan fingerprint density at radius 3 is 2.55 bits per heavy atom. The van der Waals surface area contributed by atoms with Gasteiger partial charge in [0, 0.05) is 6.07 Å². The van der Waals surface area contributed by atoms with Gasteiger partial charge in [-0.2, -0.15) is 0 Å². The van der Waals surface area contributed by atoms with Crippen LogP contribution in [0.25, 0.3) is 15.9 Å². The van der Waals surface area contributed by atoms with E-state index < -0.39 is 17.2 Å². The second-order valence-electron chi connectivity index (χ2n) is 7.55. The number of aromatic nitrogens is 2. The Labute approximate surface area is 193 Å². The molecular formula is C24H23N3O5S. The van der Waals surface area contributed by atoms with Crippen molar-refractivity contribution in [1.29, 1.82) is 0 Å². The summed E-state index contributed by atoms with van der Waals surface area (Å²) >= 11 is 1.24. The van der Waals surface area contributed by atoms with Gasteiger partial charge in [-0.1, -0.05) is 12.1 Å². The molecule has 0 bridgehead atoms. The maximum atomic E-state index is 13.5. The molecule has 0 aliphatic heterocycles. The molecule has 33 heavy (non-hydrogen) atoms. The molecule has 8 nitrogen and oxygen atoms in total. The van der Waals surface area contributed by atoms with Crippen LogP contribution >= 0.6 is 11.3 Å². The van der Waals surface area contributed by atoms with Crippen LogP contribution < -0.4 is 26.0 Å². The normalized spacial score (nSPS) is 10.9. The zero-order chi connectivity index (χ0) is 23.7. The molecule has 4 aromatic rings. The van der Waals surface area contributed by atoms with Crippen LogP contribution in [0, 0.1) is 13.8 Å². The summed E-state index contributed by atoms with van der Waals surface area (Å²) in [4.78, 5) is 39.6. The third-order valence-corrected chi connectivity index (χ3v) is 6.24. The van der Waals surface area contributed by atoms with E-state index >= 15 is 0 Å². The van der Waals surface area contributed by atoms with Gasteiger partial charge in [-0.15, -0.1) is 11.3 Å². The first-order chi connectivity index (χ1) is 15.8. The van der Waals surface area contributed by atoms with Crippen molar-refractivity contribution in [1.82, 2.24) is 9.13 Å². The number of amides is 1. The number of anilines is 1. The van der Waals surface area contributed by atoms with Gasteiger partial charge >= 0.3 is 5.69 Å². The number of ether oxygens (including phenoxy) is 2. The highest BCUT2D eigenvalue weighted by molar-refractivity contribution is 7.17. The molecule has 4 rings (SSSR count). The van der Waals surface area contributed by atoms with Gasteiger partial charge in [-0.3, -0.25) is 14.2 Å². The standard InChI is InChI=1S/C24H23N3O5S/c1-14-5-6-15(2)19(11-14)27-23(29)22-18(9-10-33-22)26(24(27)30)13-21(28)25-17-8-7-16(31-3)12-20(17)32-4/h5-12H,13H2,1-4H3,(H,25,28). The molecule has 0 aliphatic rings. The molecule has 1 amide bonds. The Balaban J connectivity index is 1.78. The first kappa shape index (κ1) is 22.3. The number of methoxy groups -OCH3 is 2. The number of rotatable bonds is 6. The van der Waals surface area contributed by atoms with Crippen molar-refractivity contribution >= 4 is 33.1 Å². The van der Waals surface area contributed by atoms with E-state index in [9.17, 15) is 14.4 Å². The van der Waals surface area contributed by atoms with E-state index in [4.69, 9.17) is 9.47 Å². The molecule has 1 N–H and O–H groups in total. The molecule has 0 atom stereocenters. The lowest BCUT2D eigenvalue weighted by Gasteiger charge is -2.15. The minimum absolute atomic E-state index is 0.271. The number of aryl methyl sites for hydroxylation is 2. The van der Waals surface area contributed by atoms with Crippen molar-refractivity contribution < 1.29 is 14.3 Å². The zero-order valence-electron chi connectivity index (χ0n) is 18.7. The van der Waals surface area contributed by atoms with E-state index in [-0.39, 0.29) is 6.54 Å². The number of benzene rings is 2. The summed E-state index contributed by atoms with van der Waals surface area (Å²) in [5.41, 5.74) is 2.11. The number of carbonyl (C=O) groups is 1. The smallest absolute Gasteiger partial charge is 0.336 e.